The van der Waals surface area contributed by atoms with Gasteiger partial charge in [-0.3, -0.25) is 0 Å². The zero-order valence-electron chi connectivity index (χ0n) is 17.0. The fraction of sp³-hybridized carbons (Fsp3) is 0.217. The molecule has 0 radical (unpaired) electrons. The van der Waals surface area contributed by atoms with Crippen molar-refractivity contribution in [2.75, 3.05) is 0 Å². The molecule has 9 heteroatoms. The number of aromatic nitrogens is 4. The van der Waals surface area contributed by atoms with E-state index in [1.807, 2.05) is 11.5 Å². The van der Waals surface area contributed by atoms with Crippen LogP contribution in [0.25, 0.3) is 22.6 Å². The predicted octanol–water partition coefficient (Wildman–Crippen LogP) is 5.36. The molecule has 5 rings (SSSR count). The van der Waals surface area contributed by atoms with Crippen LogP contribution >= 0.6 is 23.2 Å². The number of halogens is 2. The largest absolute Gasteiger partial charge is 0.506 e. The van der Waals surface area contributed by atoms with E-state index in [-0.39, 0.29) is 22.9 Å². The highest BCUT2D eigenvalue weighted by Crippen LogP contribution is 2.42. The number of nitriles is 1. The van der Waals surface area contributed by atoms with E-state index in [1.54, 1.807) is 30.3 Å². The molecular formula is C23H17Cl2N5O2. The lowest BCUT2D eigenvalue weighted by Gasteiger charge is -2.13. The number of rotatable bonds is 5. The Balaban J connectivity index is 1.74. The second-order valence-electron chi connectivity index (χ2n) is 7.98. The third-order valence-corrected chi connectivity index (χ3v) is 6.16. The Bertz CT molecular complexity index is 1410. The van der Waals surface area contributed by atoms with Gasteiger partial charge in [-0.15, -0.1) is 0 Å². The number of phenolic OH excluding ortho intramolecular Hbond substituents is 1. The highest BCUT2D eigenvalue weighted by molar-refractivity contribution is 6.34. The molecule has 160 valence electrons. The van der Waals surface area contributed by atoms with Gasteiger partial charge in [0.05, 0.1) is 23.2 Å². The molecule has 7 nitrogen and oxygen atoms in total. The number of imidazole rings is 1. The Morgan fingerprint density at radius 3 is 2.78 bits per heavy atom. The average molecular weight is 466 g/mol. The molecule has 0 aliphatic heterocycles. The molecule has 32 heavy (non-hydrogen) atoms. The van der Waals surface area contributed by atoms with Gasteiger partial charge >= 0.3 is 0 Å². The van der Waals surface area contributed by atoms with Gasteiger partial charge in [0, 0.05) is 10.6 Å². The van der Waals surface area contributed by atoms with E-state index >= 15 is 0 Å². The van der Waals surface area contributed by atoms with Crippen LogP contribution in [0.15, 0.2) is 42.7 Å². The van der Waals surface area contributed by atoms with E-state index in [9.17, 15) is 10.4 Å². The second kappa shape index (κ2) is 7.66. The van der Waals surface area contributed by atoms with E-state index in [4.69, 9.17) is 32.9 Å². The van der Waals surface area contributed by atoms with Crippen molar-refractivity contribution in [3.63, 3.8) is 0 Å². The molecule has 2 heterocycles. The molecule has 2 aromatic carbocycles. The van der Waals surface area contributed by atoms with Gasteiger partial charge in [0.15, 0.2) is 11.2 Å². The molecule has 0 saturated heterocycles. The van der Waals surface area contributed by atoms with Gasteiger partial charge in [-0.2, -0.15) is 10.2 Å². The minimum Gasteiger partial charge on any atom is -0.506 e. The van der Waals surface area contributed by atoms with Crippen LogP contribution in [0.1, 0.15) is 30.9 Å². The number of nitrogens with zero attached hydrogens (tertiary/aromatic N) is 5. The topological polar surface area (TPSA) is 96.8 Å². The summed E-state index contributed by atoms with van der Waals surface area (Å²) in [5, 5.41) is 20.4. The van der Waals surface area contributed by atoms with Gasteiger partial charge in [0.1, 0.15) is 23.5 Å². The maximum atomic E-state index is 10.2. The number of ether oxygens (including phenoxy) is 1. The van der Waals surface area contributed by atoms with Crippen molar-refractivity contribution in [2.45, 2.75) is 31.9 Å². The second-order valence-corrected chi connectivity index (χ2v) is 8.79. The van der Waals surface area contributed by atoms with Crippen LogP contribution in [-0.4, -0.2) is 30.2 Å². The van der Waals surface area contributed by atoms with E-state index in [0.717, 1.165) is 12.8 Å². The lowest BCUT2D eigenvalue weighted by Crippen LogP contribution is -2.13. The molecule has 4 aromatic rings. The van der Waals surface area contributed by atoms with Crippen molar-refractivity contribution in [3.8, 4) is 29.1 Å². The van der Waals surface area contributed by atoms with Crippen LogP contribution in [0, 0.1) is 11.3 Å². The summed E-state index contributed by atoms with van der Waals surface area (Å²) in [6.45, 7) is 2.28. The van der Waals surface area contributed by atoms with Gasteiger partial charge in [-0.25, -0.2) is 9.97 Å². The highest BCUT2D eigenvalue weighted by Gasteiger charge is 2.41. The SMILES string of the molecule is CC1(Oc2ncnc3c2nc(-c2cccc(O)c2Cl)n3Cc2cc(Cl)ccc2C#N)CC1. The standard InChI is InChI=1S/C23H17Cl2N5O2/c1-23(7-8-23)32-22-19-21(27-12-28-22)30(11-14-9-15(24)6-5-13(14)10-26)20(29-19)16-3-2-4-17(31)18(16)25/h2-6,9,12,31H,7-8,11H2,1H3. The van der Waals surface area contributed by atoms with Crippen molar-refractivity contribution in [1.29, 1.82) is 5.26 Å². The summed E-state index contributed by atoms with van der Waals surface area (Å²) in [5.41, 5.74) is 2.46. The minimum atomic E-state index is -0.255. The van der Waals surface area contributed by atoms with Crippen LogP contribution < -0.4 is 4.74 Å². The highest BCUT2D eigenvalue weighted by atomic mass is 35.5. The van der Waals surface area contributed by atoms with Gasteiger partial charge in [0.2, 0.25) is 5.88 Å². The third kappa shape index (κ3) is 3.62. The molecular weight excluding hydrogens is 449 g/mol. The fourth-order valence-electron chi connectivity index (χ4n) is 3.52. The van der Waals surface area contributed by atoms with Crippen LogP contribution in [0.4, 0.5) is 0 Å². The van der Waals surface area contributed by atoms with Gasteiger partial charge < -0.3 is 14.4 Å². The predicted molar refractivity (Wildman–Crippen MR) is 121 cm³/mol. The summed E-state index contributed by atoms with van der Waals surface area (Å²) in [7, 11) is 0. The zero-order valence-corrected chi connectivity index (χ0v) is 18.5. The van der Waals surface area contributed by atoms with Crippen molar-refractivity contribution < 1.29 is 9.84 Å². The van der Waals surface area contributed by atoms with Gasteiger partial charge in [-0.05, 0) is 55.7 Å². The molecule has 1 aliphatic carbocycles. The van der Waals surface area contributed by atoms with Crippen LogP contribution in [0.3, 0.4) is 0 Å². The summed E-state index contributed by atoms with van der Waals surface area (Å²) in [4.78, 5) is 13.5. The molecule has 1 fully saturated rings. The molecule has 0 atom stereocenters. The Hall–Kier alpha value is -3.34. The smallest absolute Gasteiger partial charge is 0.245 e. The van der Waals surface area contributed by atoms with E-state index in [1.165, 1.54) is 12.4 Å². The van der Waals surface area contributed by atoms with Crippen molar-refractivity contribution in [1.82, 2.24) is 19.5 Å². The monoisotopic (exact) mass is 465 g/mol. The molecule has 0 amide bonds. The van der Waals surface area contributed by atoms with Crippen molar-refractivity contribution in [3.05, 3.63) is 63.9 Å². The lowest BCUT2D eigenvalue weighted by molar-refractivity contribution is 0.194. The molecule has 2 aromatic heterocycles. The molecule has 0 bridgehead atoms. The molecule has 1 N–H and O–H groups in total. The van der Waals surface area contributed by atoms with Crippen molar-refractivity contribution >= 4 is 34.4 Å². The first kappa shape index (κ1) is 20.6. The van der Waals surface area contributed by atoms with E-state index in [0.29, 0.717) is 44.6 Å². The Labute approximate surface area is 193 Å². The summed E-state index contributed by atoms with van der Waals surface area (Å²) in [6, 6.07) is 12.2. The van der Waals surface area contributed by atoms with Crippen LogP contribution in [-0.2, 0) is 6.54 Å². The Morgan fingerprint density at radius 2 is 2.03 bits per heavy atom. The summed E-state index contributed by atoms with van der Waals surface area (Å²) in [6.07, 6.45) is 3.32. The first-order valence-corrected chi connectivity index (χ1v) is 10.7. The number of fused-ring (bicyclic) bond motifs is 1. The van der Waals surface area contributed by atoms with Crippen LogP contribution in [0.5, 0.6) is 11.6 Å². The normalized spacial score (nSPS) is 14.3. The Kier molecular flexibility index (Phi) is 4.92. The molecule has 0 unspecified atom stereocenters. The molecule has 1 saturated carbocycles. The summed E-state index contributed by atoms with van der Waals surface area (Å²) >= 11 is 12.6. The Morgan fingerprint density at radius 1 is 1.22 bits per heavy atom. The number of phenols is 1. The summed E-state index contributed by atoms with van der Waals surface area (Å²) < 4.78 is 7.94. The number of hydrogen-bond acceptors (Lipinski definition) is 6. The number of benzene rings is 2. The fourth-order valence-corrected chi connectivity index (χ4v) is 3.93. The minimum absolute atomic E-state index is 0.0590. The number of hydrogen-bond donors (Lipinski definition) is 1. The van der Waals surface area contributed by atoms with E-state index < -0.39 is 0 Å². The van der Waals surface area contributed by atoms with Crippen LogP contribution in [0.2, 0.25) is 10.0 Å². The maximum Gasteiger partial charge on any atom is 0.245 e. The van der Waals surface area contributed by atoms with Crippen molar-refractivity contribution in [2.24, 2.45) is 0 Å². The average Bonchev–Trinajstić information content (AvgIpc) is 3.39. The summed E-state index contributed by atoms with van der Waals surface area (Å²) in [5.74, 6) is 0.797. The van der Waals surface area contributed by atoms with E-state index in [2.05, 4.69) is 16.0 Å². The molecule has 0 spiro atoms. The third-order valence-electron chi connectivity index (χ3n) is 5.53. The quantitative estimate of drug-likeness (QED) is 0.426. The zero-order chi connectivity index (χ0) is 22.5. The first-order chi connectivity index (χ1) is 15.4. The number of aromatic hydroxyl groups is 1. The maximum absolute atomic E-state index is 10.2. The lowest BCUT2D eigenvalue weighted by atomic mass is 10.1. The first-order valence-electron chi connectivity index (χ1n) is 9.95. The van der Waals surface area contributed by atoms with Gasteiger partial charge in [-0.1, -0.05) is 29.3 Å². The molecule has 1 aliphatic rings. The van der Waals surface area contributed by atoms with Gasteiger partial charge in [0.25, 0.3) is 0 Å².